The number of Topliss-reactive ketones (excluding diaryl/α,β-unsaturated/α-hetero) is 1. The summed E-state index contributed by atoms with van der Waals surface area (Å²) in [6.07, 6.45) is 4.08. The molecule has 0 atom stereocenters. The molecule has 0 unspecified atom stereocenters. The second-order valence-electron chi connectivity index (χ2n) is 4.62. The van der Waals surface area contributed by atoms with Crippen molar-refractivity contribution in [3.05, 3.63) is 23.0 Å². The molecular weight excluding hydrogens is 226 g/mol. The molecule has 0 heterocycles. The van der Waals surface area contributed by atoms with Crippen LogP contribution in [0.4, 0.5) is 0 Å². The van der Waals surface area contributed by atoms with E-state index in [1.165, 1.54) is 0 Å². The van der Waals surface area contributed by atoms with Gasteiger partial charge in [0, 0.05) is 43.8 Å². The van der Waals surface area contributed by atoms with Crippen LogP contribution in [0.5, 0.6) is 0 Å². The Morgan fingerprint density at radius 1 is 1.39 bits per heavy atom. The summed E-state index contributed by atoms with van der Waals surface area (Å²) in [6, 6.07) is 0. The van der Waals surface area contributed by atoms with E-state index in [0.29, 0.717) is 17.8 Å². The van der Waals surface area contributed by atoms with Gasteiger partial charge in [0.25, 0.3) is 0 Å². The molecule has 0 saturated heterocycles. The molecular formula is C14H23N3O. The summed E-state index contributed by atoms with van der Waals surface area (Å²) < 4.78 is 0. The van der Waals surface area contributed by atoms with Crippen LogP contribution in [0.25, 0.3) is 0 Å². The summed E-state index contributed by atoms with van der Waals surface area (Å²) in [6.45, 7) is 4.65. The molecule has 4 nitrogen and oxygen atoms in total. The molecule has 0 bridgehead atoms. The van der Waals surface area contributed by atoms with Crippen molar-refractivity contribution in [3.8, 4) is 0 Å². The molecule has 0 saturated carbocycles. The highest BCUT2D eigenvalue weighted by Crippen LogP contribution is 2.25. The molecule has 0 spiro atoms. The quantitative estimate of drug-likeness (QED) is 0.611. The lowest BCUT2D eigenvalue weighted by Crippen LogP contribution is -2.25. The van der Waals surface area contributed by atoms with Crippen LogP contribution in [0.3, 0.4) is 0 Å². The molecule has 1 aliphatic carbocycles. The molecule has 0 aromatic rings. The molecule has 0 aromatic carbocycles. The van der Waals surface area contributed by atoms with Crippen molar-refractivity contribution in [2.24, 2.45) is 10.7 Å². The highest BCUT2D eigenvalue weighted by Gasteiger charge is 2.26. The lowest BCUT2D eigenvalue weighted by atomic mass is 9.87. The predicted molar refractivity (Wildman–Crippen MR) is 75.5 cm³/mol. The lowest BCUT2D eigenvalue weighted by molar-refractivity contribution is -0.112. The minimum absolute atomic E-state index is 0.0431. The first-order valence-corrected chi connectivity index (χ1v) is 6.45. The van der Waals surface area contributed by atoms with Gasteiger partial charge in [0.15, 0.2) is 5.78 Å². The standard InChI is InChI=1S/C14H23N3O/c1-5-12(16-6-2)13-11(15)8-7-10(14(13)18)9-17(3)4/h9H,5-8,15H2,1-4H3/b10-9+,16-12?. The highest BCUT2D eigenvalue weighted by molar-refractivity contribution is 6.28. The van der Waals surface area contributed by atoms with Gasteiger partial charge in [-0.3, -0.25) is 9.79 Å². The Bertz CT molecular complexity index is 417. The van der Waals surface area contributed by atoms with Crippen LogP contribution in [0.15, 0.2) is 28.0 Å². The number of nitrogens with zero attached hydrogens (tertiary/aromatic N) is 2. The molecule has 18 heavy (non-hydrogen) atoms. The van der Waals surface area contributed by atoms with Gasteiger partial charge >= 0.3 is 0 Å². The van der Waals surface area contributed by atoms with Crippen LogP contribution in [0, 0.1) is 0 Å². The van der Waals surface area contributed by atoms with Gasteiger partial charge in [-0.2, -0.15) is 0 Å². The third-order valence-electron chi connectivity index (χ3n) is 2.89. The van der Waals surface area contributed by atoms with E-state index in [0.717, 1.165) is 30.5 Å². The molecule has 2 N–H and O–H groups in total. The largest absolute Gasteiger partial charge is 0.401 e. The molecule has 0 amide bonds. The monoisotopic (exact) mass is 249 g/mol. The van der Waals surface area contributed by atoms with Crippen LogP contribution in [0.1, 0.15) is 33.1 Å². The average Bonchev–Trinajstić information content (AvgIpc) is 2.31. The first-order valence-electron chi connectivity index (χ1n) is 6.45. The van der Waals surface area contributed by atoms with Crippen LogP contribution in [-0.2, 0) is 4.79 Å². The molecule has 0 aliphatic heterocycles. The molecule has 4 heteroatoms. The van der Waals surface area contributed by atoms with Crippen molar-refractivity contribution in [1.29, 1.82) is 0 Å². The second-order valence-corrected chi connectivity index (χ2v) is 4.62. The fraction of sp³-hybridized carbons (Fsp3) is 0.571. The first-order chi connectivity index (χ1) is 8.51. The number of aliphatic imine (C=N–C) groups is 1. The maximum Gasteiger partial charge on any atom is 0.194 e. The average molecular weight is 249 g/mol. The summed E-state index contributed by atoms with van der Waals surface area (Å²) in [7, 11) is 3.84. The van der Waals surface area contributed by atoms with Crippen molar-refractivity contribution in [1.82, 2.24) is 4.90 Å². The zero-order chi connectivity index (χ0) is 13.7. The van der Waals surface area contributed by atoms with E-state index in [9.17, 15) is 4.79 Å². The number of nitrogens with two attached hydrogens (primary N) is 1. The zero-order valence-electron chi connectivity index (χ0n) is 11.8. The van der Waals surface area contributed by atoms with Crippen LogP contribution < -0.4 is 5.73 Å². The molecule has 1 rings (SSSR count). The topological polar surface area (TPSA) is 58.7 Å². The summed E-state index contributed by atoms with van der Waals surface area (Å²) in [5.41, 5.74) is 8.99. The fourth-order valence-corrected chi connectivity index (χ4v) is 2.12. The number of carbonyl (C=O) groups is 1. The highest BCUT2D eigenvalue weighted by atomic mass is 16.1. The van der Waals surface area contributed by atoms with Gasteiger partial charge in [-0.15, -0.1) is 0 Å². The van der Waals surface area contributed by atoms with Crippen LogP contribution in [0.2, 0.25) is 0 Å². The summed E-state index contributed by atoms with van der Waals surface area (Å²) in [4.78, 5) is 18.7. The molecule has 0 fully saturated rings. The number of ketones is 1. The Morgan fingerprint density at radius 2 is 2.06 bits per heavy atom. The van der Waals surface area contributed by atoms with Gasteiger partial charge < -0.3 is 10.6 Å². The Kier molecular flexibility index (Phi) is 5.13. The van der Waals surface area contributed by atoms with E-state index in [2.05, 4.69) is 4.99 Å². The minimum Gasteiger partial charge on any atom is -0.401 e. The number of allylic oxidation sites excluding steroid dienone is 3. The van der Waals surface area contributed by atoms with Crippen molar-refractivity contribution in [3.63, 3.8) is 0 Å². The van der Waals surface area contributed by atoms with Gasteiger partial charge in [0.2, 0.25) is 0 Å². The first kappa shape index (κ1) is 14.5. The van der Waals surface area contributed by atoms with Crippen LogP contribution in [-0.4, -0.2) is 37.0 Å². The predicted octanol–water partition coefficient (Wildman–Crippen LogP) is 1.88. The van der Waals surface area contributed by atoms with Gasteiger partial charge in [0.1, 0.15) is 0 Å². The van der Waals surface area contributed by atoms with Crippen molar-refractivity contribution in [2.45, 2.75) is 33.1 Å². The Balaban J connectivity index is 3.16. The Labute approximate surface area is 109 Å². The van der Waals surface area contributed by atoms with Gasteiger partial charge in [-0.25, -0.2) is 0 Å². The van der Waals surface area contributed by atoms with Crippen molar-refractivity contribution >= 4 is 11.5 Å². The second kappa shape index (κ2) is 6.38. The molecule has 1 aliphatic rings. The number of rotatable bonds is 4. The van der Waals surface area contributed by atoms with Crippen LogP contribution >= 0.6 is 0 Å². The lowest BCUT2D eigenvalue weighted by Gasteiger charge is -2.21. The maximum absolute atomic E-state index is 12.4. The Morgan fingerprint density at radius 3 is 2.56 bits per heavy atom. The van der Waals surface area contributed by atoms with E-state index in [-0.39, 0.29) is 5.78 Å². The van der Waals surface area contributed by atoms with E-state index in [1.54, 1.807) is 0 Å². The number of hydrogen-bond acceptors (Lipinski definition) is 4. The molecule has 0 radical (unpaired) electrons. The van der Waals surface area contributed by atoms with E-state index < -0.39 is 0 Å². The SMILES string of the molecule is CCN=C(CC)C1=C(N)CC/C(=C\N(C)C)C1=O. The van der Waals surface area contributed by atoms with Crippen molar-refractivity contribution in [2.75, 3.05) is 20.6 Å². The normalized spacial score (nSPS) is 19.7. The summed E-state index contributed by atoms with van der Waals surface area (Å²) in [5, 5.41) is 0. The van der Waals surface area contributed by atoms with Gasteiger partial charge in [-0.05, 0) is 26.2 Å². The summed E-state index contributed by atoms with van der Waals surface area (Å²) >= 11 is 0. The fourth-order valence-electron chi connectivity index (χ4n) is 2.12. The zero-order valence-corrected chi connectivity index (χ0v) is 11.8. The van der Waals surface area contributed by atoms with Gasteiger partial charge in [0.05, 0.1) is 5.57 Å². The number of carbonyl (C=O) groups excluding carboxylic acids is 1. The molecule has 0 aromatic heterocycles. The minimum atomic E-state index is 0.0431. The Hall–Kier alpha value is -1.58. The van der Waals surface area contributed by atoms with E-state index in [4.69, 9.17) is 5.73 Å². The van der Waals surface area contributed by atoms with Crippen molar-refractivity contribution < 1.29 is 4.79 Å². The third kappa shape index (κ3) is 3.22. The van der Waals surface area contributed by atoms with E-state index in [1.807, 2.05) is 39.0 Å². The van der Waals surface area contributed by atoms with Gasteiger partial charge in [-0.1, -0.05) is 6.92 Å². The summed E-state index contributed by atoms with van der Waals surface area (Å²) in [5.74, 6) is 0.0431. The maximum atomic E-state index is 12.4. The van der Waals surface area contributed by atoms with E-state index >= 15 is 0 Å². The molecule has 100 valence electrons. The third-order valence-corrected chi connectivity index (χ3v) is 2.89. The number of hydrogen-bond donors (Lipinski definition) is 1. The smallest absolute Gasteiger partial charge is 0.194 e.